The average molecular weight is 319 g/mol. The first-order chi connectivity index (χ1) is 9.31. The molecule has 0 bridgehead atoms. The first-order valence-electron chi connectivity index (χ1n) is 5.75. The van der Waals surface area contributed by atoms with Crippen molar-refractivity contribution in [2.75, 3.05) is 7.11 Å². The summed E-state index contributed by atoms with van der Waals surface area (Å²) in [5, 5.41) is 3.84. The summed E-state index contributed by atoms with van der Waals surface area (Å²) < 4.78 is 6.16. The van der Waals surface area contributed by atoms with Crippen LogP contribution in [0.3, 0.4) is 0 Å². The topological polar surface area (TPSA) is 30.8 Å². The second kappa shape index (κ2) is 6.95. The van der Waals surface area contributed by atoms with Crippen LogP contribution in [0.2, 0.25) is 0 Å². The van der Waals surface area contributed by atoms with Crippen LogP contribution in [0, 0.1) is 0 Å². The summed E-state index contributed by atoms with van der Waals surface area (Å²) in [4.78, 5) is 5.23. The van der Waals surface area contributed by atoms with Gasteiger partial charge in [-0.05, 0) is 12.1 Å². The zero-order chi connectivity index (χ0) is 13.5. The van der Waals surface area contributed by atoms with Gasteiger partial charge >= 0.3 is 0 Å². The molecule has 0 saturated heterocycles. The Morgan fingerprint density at radius 1 is 1.11 bits per heavy atom. The van der Waals surface area contributed by atoms with Crippen molar-refractivity contribution in [3.05, 3.63) is 64.1 Å². The molecular weight excluding hydrogens is 306 g/mol. The molecule has 0 aliphatic carbocycles. The van der Waals surface area contributed by atoms with Crippen LogP contribution in [0.25, 0.3) is 0 Å². The minimum atomic E-state index is 0.349. The van der Waals surface area contributed by atoms with Crippen LogP contribution in [0.5, 0.6) is 5.75 Å². The number of halogens is 1. The number of methoxy groups -OCH3 is 1. The van der Waals surface area contributed by atoms with Gasteiger partial charge in [0.05, 0.1) is 7.11 Å². The number of rotatable bonds is 5. The minimum Gasteiger partial charge on any atom is -0.496 e. The van der Waals surface area contributed by atoms with Crippen LogP contribution in [0.1, 0.15) is 11.1 Å². The number of hydrogen-bond donors (Lipinski definition) is 0. The number of nitrogens with zero attached hydrogens (tertiary/aromatic N) is 1. The third-order valence-corrected chi connectivity index (χ3v) is 3.21. The Kier molecular flexibility index (Phi) is 4.98. The molecule has 3 nitrogen and oxygen atoms in total. The maximum absolute atomic E-state index is 5.23. The van der Waals surface area contributed by atoms with Gasteiger partial charge in [0.1, 0.15) is 18.6 Å². The van der Waals surface area contributed by atoms with Crippen molar-refractivity contribution in [3.8, 4) is 5.75 Å². The van der Waals surface area contributed by atoms with Crippen molar-refractivity contribution < 1.29 is 9.57 Å². The molecule has 0 spiro atoms. The van der Waals surface area contributed by atoms with E-state index in [-0.39, 0.29) is 0 Å². The molecule has 2 aromatic carbocycles. The largest absolute Gasteiger partial charge is 0.496 e. The summed E-state index contributed by atoms with van der Waals surface area (Å²) >= 11 is 3.42. The maximum Gasteiger partial charge on any atom is 0.145 e. The number of benzene rings is 2. The highest BCUT2D eigenvalue weighted by Gasteiger charge is 2.01. The average Bonchev–Trinajstić information content (AvgIpc) is 2.45. The van der Waals surface area contributed by atoms with Crippen molar-refractivity contribution in [2.45, 2.75) is 6.61 Å². The molecule has 0 N–H and O–H groups in total. The number of ether oxygens (including phenoxy) is 1. The van der Waals surface area contributed by atoms with Gasteiger partial charge in [-0.3, -0.25) is 0 Å². The molecule has 0 fully saturated rings. The normalized spacial score (nSPS) is 10.6. The Labute approximate surface area is 121 Å². The Morgan fingerprint density at radius 3 is 2.63 bits per heavy atom. The fourth-order valence-electron chi connectivity index (χ4n) is 1.56. The summed E-state index contributed by atoms with van der Waals surface area (Å²) in [7, 11) is 1.63. The second-order valence-electron chi connectivity index (χ2n) is 3.77. The van der Waals surface area contributed by atoms with E-state index in [1.54, 1.807) is 7.11 Å². The van der Waals surface area contributed by atoms with Crippen LogP contribution in [0.4, 0.5) is 0 Å². The molecule has 97 valence electrons. The predicted octanol–water partition coefficient (Wildman–Crippen LogP) is 3.89. The highest BCUT2D eigenvalue weighted by atomic mass is 79.9. The Bertz CT molecular complexity index is 570. The van der Waals surface area contributed by atoms with Crippen LogP contribution >= 0.6 is 15.9 Å². The van der Waals surface area contributed by atoms with E-state index < -0.39 is 0 Å². The highest BCUT2D eigenvalue weighted by Crippen LogP contribution is 2.18. The van der Waals surface area contributed by atoms with Crippen LogP contribution < -0.4 is 4.74 Å². The Morgan fingerprint density at radius 2 is 1.84 bits per heavy atom. The first-order valence-corrected chi connectivity index (χ1v) is 6.55. The van der Waals surface area contributed by atoms with Gasteiger partial charge in [0.15, 0.2) is 0 Å². The van der Waals surface area contributed by atoms with Gasteiger partial charge in [0.2, 0.25) is 0 Å². The van der Waals surface area contributed by atoms with Crippen LogP contribution in [-0.4, -0.2) is 13.3 Å². The van der Waals surface area contributed by atoms with E-state index in [4.69, 9.17) is 9.57 Å². The van der Waals surface area contributed by atoms with E-state index in [0.29, 0.717) is 6.61 Å². The van der Waals surface area contributed by atoms with Gasteiger partial charge in [-0.25, -0.2) is 0 Å². The highest BCUT2D eigenvalue weighted by molar-refractivity contribution is 9.10. The molecule has 0 saturated carbocycles. The third-order valence-electron chi connectivity index (χ3n) is 2.52. The summed E-state index contributed by atoms with van der Waals surface area (Å²) in [6.07, 6.45) is 2.84. The quantitative estimate of drug-likeness (QED) is 0.618. The maximum atomic E-state index is 5.23. The van der Waals surface area contributed by atoms with E-state index in [2.05, 4.69) is 27.3 Å². The van der Waals surface area contributed by atoms with Crippen molar-refractivity contribution in [2.24, 2.45) is 5.16 Å². The lowest BCUT2D eigenvalue weighted by Gasteiger charge is -2.06. The SMILES string of the molecule is COc1ccccc1CO/N=[C]\c1ccccc1Br. The summed E-state index contributed by atoms with van der Waals surface area (Å²) in [6.45, 7) is 0.349. The predicted molar refractivity (Wildman–Crippen MR) is 78.5 cm³/mol. The molecule has 0 aliphatic heterocycles. The van der Waals surface area contributed by atoms with Gasteiger partial charge in [0, 0.05) is 15.6 Å². The molecule has 0 unspecified atom stereocenters. The standard InChI is InChI=1S/C15H13BrNO2/c1-18-15-9-5-3-7-13(15)11-19-17-10-12-6-2-4-8-14(12)16/h2-9H,11H2,1H3. The van der Waals surface area contributed by atoms with Crippen molar-refractivity contribution in [3.63, 3.8) is 0 Å². The molecule has 4 heteroatoms. The third kappa shape index (κ3) is 3.83. The smallest absolute Gasteiger partial charge is 0.145 e. The van der Waals surface area contributed by atoms with Gasteiger partial charge in [-0.1, -0.05) is 57.5 Å². The van der Waals surface area contributed by atoms with E-state index >= 15 is 0 Å². The number of hydrogen-bond acceptors (Lipinski definition) is 3. The summed E-state index contributed by atoms with van der Waals surface area (Å²) in [6, 6.07) is 15.4. The molecule has 1 radical (unpaired) electrons. The minimum absolute atomic E-state index is 0.349. The summed E-state index contributed by atoms with van der Waals surface area (Å²) in [5.41, 5.74) is 1.80. The lowest BCUT2D eigenvalue weighted by molar-refractivity contribution is 0.130. The summed E-state index contributed by atoms with van der Waals surface area (Å²) in [5.74, 6) is 0.790. The molecule has 0 amide bonds. The van der Waals surface area contributed by atoms with Gasteiger partial charge in [-0.2, -0.15) is 0 Å². The lowest BCUT2D eigenvalue weighted by atomic mass is 10.2. The monoisotopic (exact) mass is 318 g/mol. The molecule has 2 rings (SSSR count). The zero-order valence-corrected chi connectivity index (χ0v) is 12.1. The van der Waals surface area contributed by atoms with E-state index in [0.717, 1.165) is 21.3 Å². The Hall–Kier alpha value is -1.81. The van der Waals surface area contributed by atoms with Gasteiger partial charge < -0.3 is 9.57 Å². The molecule has 0 aliphatic rings. The molecule has 0 heterocycles. The van der Waals surface area contributed by atoms with Gasteiger partial charge in [-0.15, -0.1) is 0 Å². The van der Waals surface area contributed by atoms with Crippen molar-refractivity contribution in [1.29, 1.82) is 0 Å². The number of para-hydroxylation sites is 1. The zero-order valence-electron chi connectivity index (χ0n) is 10.5. The second-order valence-corrected chi connectivity index (χ2v) is 4.62. The fourth-order valence-corrected chi connectivity index (χ4v) is 1.93. The van der Waals surface area contributed by atoms with Crippen LogP contribution in [0.15, 0.2) is 58.2 Å². The molecule has 0 aromatic heterocycles. The lowest BCUT2D eigenvalue weighted by Crippen LogP contribution is -1.93. The fraction of sp³-hybridized carbons (Fsp3) is 0.133. The van der Waals surface area contributed by atoms with Crippen molar-refractivity contribution in [1.82, 2.24) is 0 Å². The van der Waals surface area contributed by atoms with E-state index in [1.807, 2.05) is 48.5 Å². The molecule has 0 atom stereocenters. The molecular formula is C15H13BrNO2. The van der Waals surface area contributed by atoms with E-state index in [9.17, 15) is 0 Å². The Balaban J connectivity index is 1.95. The first kappa shape index (κ1) is 13.6. The van der Waals surface area contributed by atoms with E-state index in [1.165, 1.54) is 0 Å². The molecule has 19 heavy (non-hydrogen) atoms. The van der Waals surface area contributed by atoms with Crippen molar-refractivity contribution >= 4 is 22.1 Å². The van der Waals surface area contributed by atoms with Gasteiger partial charge in [0.25, 0.3) is 0 Å². The van der Waals surface area contributed by atoms with Crippen LogP contribution in [-0.2, 0) is 11.4 Å². The molecule has 2 aromatic rings.